The van der Waals surface area contributed by atoms with Crippen LogP contribution >= 0.6 is 11.6 Å². The van der Waals surface area contributed by atoms with E-state index in [4.69, 9.17) is 21.1 Å². The van der Waals surface area contributed by atoms with Gasteiger partial charge in [-0.3, -0.25) is 10.1 Å². The number of ether oxygens (including phenoxy) is 2. The molecular weight excluding hydrogens is 360 g/mol. The summed E-state index contributed by atoms with van der Waals surface area (Å²) >= 11 is 6.13. The van der Waals surface area contributed by atoms with Crippen molar-refractivity contribution in [3.05, 3.63) is 28.3 Å². The SMILES string of the molecule is Cc1cc(OCC(=O)OCC(=O)NC(=O)NC2CC2)c(C(C)C)cc1Cl. The number of esters is 1. The number of carbonyl (C=O) groups is 3. The molecule has 1 aliphatic carbocycles. The van der Waals surface area contributed by atoms with Crippen LogP contribution in [0.15, 0.2) is 12.1 Å². The van der Waals surface area contributed by atoms with Gasteiger partial charge in [-0.2, -0.15) is 0 Å². The molecule has 1 saturated carbocycles. The number of hydrogen-bond donors (Lipinski definition) is 2. The number of urea groups is 1. The molecule has 142 valence electrons. The van der Waals surface area contributed by atoms with Crippen molar-refractivity contribution >= 4 is 29.5 Å². The molecule has 0 aromatic heterocycles. The van der Waals surface area contributed by atoms with Crippen LogP contribution in [0.5, 0.6) is 5.75 Å². The average molecular weight is 383 g/mol. The molecule has 7 nitrogen and oxygen atoms in total. The number of aryl methyl sites for hydroxylation is 1. The van der Waals surface area contributed by atoms with Gasteiger partial charge in [-0.05, 0) is 48.9 Å². The van der Waals surface area contributed by atoms with Crippen molar-refractivity contribution in [2.24, 2.45) is 0 Å². The average Bonchev–Trinajstić information content (AvgIpc) is 3.37. The number of halogens is 1. The van der Waals surface area contributed by atoms with E-state index in [2.05, 4.69) is 10.6 Å². The lowest BCUT2D eigenvalue weighted by atomic mass is 10.0. The highest BCUT2D eigenvalue weighted by molar-refractivity contribution is 6.31. The molecule has 0 aliphatic heterocycles. The van der Waals surface area contributed by atoms with Gasteiger partial charge in [-0.1, -0.05) is 25.4 Å². The minimum absolute atomic E-state index is 0.136. The molecule has 2 rings (SSSR count). The first kappa shape index (κ1) is 20.0. The Bertz CT molecular complexity index is 701. The van der Waals surface area contributed by atoms with E-state index in [-0.39, 0.29) is 18.6 Å². The topological polar surface area (TPSA) is 93.7 Å². The van der Waals surface area contributed by atoms with Crippen LogP contribution in [0.3, 0.4) is 0 Å². The molecule has 1 aromatic rings. The third-order valence-electron chi connectivity index (χ3n) is 3.79. The van der Waals surface area contributed by atoms with Gasteiger partial charge in [0.05, 0.1) is 0 Å². The van der Waals surface area contributed by atoms with Crippen molar-refractivity contribution in [1.29, 1.82) is 0 Å². The third kappa shape index (κ3) is 6.22. The number of hydrogen-bond acceptors (Lipinski definition) is 5. The summed E-state index contributed by atoms with van der Waals surface area (Å²) in [5, 5.41) is 5.32. The highest BCUT2D eigenvalue weighted by Crippen LogP contribution is 2.31. The van der Waals surface area contributed by atoms with Crippen molar-refractivity contribution in [2.75, 3.05) is 13.2 Å². The zero-order valence-corrected chi connectivity index (χ0v) is 15.8. The van der Waals surface area contributed by atoms with E-state index in [9.17, 15) is 14.4 Å². The molecule has 0 atom stereocenters. The van der Waals surface area contributed by atoms with Crippen molar-refractivity contribution in [2.45, 2.75) is 45.6 Å². The van der Waals surface area contributed by atoms with Gasteiger partial charge in [-0.15, -0.1) is 0 Å². The van der Waals surface area contributed by atoms with Crippen LogP contribution in [-0.2, 0) is 14.3 Å². The van der Waals surface area contributed by atoms with Crippen LogP contribution in [0.1, 0.15) is 43.7 Å². The lowest BCUT2D eigenvalue weighted by Gasteiger charge is -2.15. The van der Waals surface area contributed by atoms with Crippen molar-refractivity contribution in [3.63, 3.8) is 0 Å². The van der Waals surface area contributed by atoms with Gasteiger partial charge < -0.3 is 14.8 Å². The summed E-state index contributed by atoms with van der Waals surface area (Å²) in [6.07, 6.45) is 1.83. The highest BCUT2D eigenvalue weighted by atomic mass is 35.5. The number of rotatable bonds is 7. The minimum Gasteiger partial charge on any atom is -0.482 e. The Kier molecular flexibility index (Phi) is 6.85. The summed E-state index contributed by atoms with van der Waals surface area (Å²) in [7, 11) is 0. The van der Waals surface area contributed by atoms with Crippen LogP contribution in [0.2, 0.25) is 5.02 Å². The van der Waals surface area contributed by atoms with E-state index in [0.29, 0.717) is 10.8 Å². The molecule has 1 aromatic carbocycles. The van der Waals surface area contributed by atoms with Crippen molar-refractivity contribution < 1.29 is 23.9 Å². The molecule has 8 heteroatoms. The number of nitrogens with one attached hydrogen (secondary N) is 2. The lowest BCUT2D eigenvalue weighted by Crippen LogP contribution is -2.42. The summed E-state index contributed by atoms with van der Waals surface area (Å²) in [5.41, 5.74) is 1.71. The standard InChI is InChI=1S/C18H23ClN2O5/c1-10(2)13-7-14(19)11(3)6-15(13)25-9-17(23)26-8-16(22)21-18(24)20-12-4-5-12/h6-7,10,12H,4-5,8-9H2,1-3H3,(H2,20,21,22,24). The predicted molar refractivity (Wildman–Crippen MR) is 96.4 cm³/mol. The number of amides is 3. The summed E-state index contributed by atoms with van der Waals surface area (Å²) in [5.74, 6) is -0.686. The lowest BCUT2D eigenvalue weighted by molar-refractivity contribution is -0.150. The first-order valence-corrected chi connectivity index (χ1v) is 8.83. The smallest absolute Gasteiger partial charge is 0.344 e. The maximum absolute atomic E-state index is 11.8. The summed E-state index contributed by atoms with van der Waals surface area (Å²) in [6, 6.07) is 3.13. The van der Waals surface area contributed by atoms with Gasteiger partial charge in [0.25, 0.3) is 5.91 Å². The Morgan fingerprint density at radius 1 is 1.23 bits per heavy atom. The molecule has 0 radical (unpaired) electrons. The maximum atomic E-state index is 11.8. The second-order valence-corrected chi connectivity index (χ2v) is 6.95. The Balaban J connectivity index is 1.78. The summed E-state index contributed by atoms with van der Waals surface area (Å²) in [4.78, 5) is 34.7. The van der Waals surface area contributed by atoms with Crippen LogP contribution in [-0.4, -0.2) is 37.2 Å². The fourth-order valence-electron chi connectivity index (χ4n) is 2.18. The van der Waals surface area contributed by atoms with Crippen LogP contribution in [0, 0.1) is 6.92 Å². The fourth-order valence-corrected chi connectivity index (χ4v) is 2.35. The monoisotopic (exact) mass is 382 g/mol. The highest BCUT2D eigenvalue weighted by Gasteiger charge is 2.24. The quantitative estimate of drug-likeness (QED) is 0.707. The summed E-state index contributed by atoms with van der Waals surface area (Å²) < 4.78 is 10.3. The van der Waals surface area contributed by atoms with E-state index < -0.39 is 24.5 Å². The Morgan fingerprint density at radius 2 is 1.92 bits per heavy atom. The Hall–Kier alpha value is -2.28. The van der Waals surface area contributed by atoms with Gasteiger partial charge >= 0.3 is 12.0 Å². The van der Waals surface area contributed by atoms with Gasteiger partial charge in [0, 0.05) is 11.1 Å². The largest absolute Gasteiger partial charge is 0.482 e. The fraction of sp³-hybridized carbons (Fsp3) is 0.500. The van der Waals surface area contributed by atoms with E-state index in [1.807, 2.05) is 26.8 Å². The zero-order valence-electron chi connectivity index (χ0n) is 15.1. The van der Waals surface area contributed by atoms with Crippen molar-refractivity contribution in [1.82, 2.24) is 10.6 Å². The third-order valence-corrected chi connectivity index (χ3v) is 4.20. The molecule has 0 saturated heterocycles. The number of carbonyl (C=O) groups excluding carboxylic acids is 3. The molecule has 1 fully saturated rings. The normalized spacial score (nSPS) is 13.3. The molecule has 2 N–H and O–H groups in total. The molecule has 3 amide bonds. The molecule has 0 heterocycles. The predicted octanol–water partition coefficient (Wildman–Crippen LogP) is 2.68. The summed E-state index contributed by atoms with van der Waals surface area (Å²) in [6.45, 7) is 4.93. The Morgan fingerprint density at radius 3 is 2.54 bits per heavy atom. The van der Waals surface area contributed by atoms with Gasteiger partial charge in [0.15, 0.2) is 13.2 Å². The van der Waals surface area contributed by atoms with Crippen LogP contribution < -0.4 is 15.4 Å². The molecule has 1 aliphatic rings. The van der Waals surface area contributed by atoms with E-state index >= 15 is 0 Å². The van der Waals surface area contributed by atoms with Crippen LogP contribution in [0.4, 0.5) is 4.79 Å². The van der Waals surface area contributed by atoms with Gasteiger partial charge in [-0.25, -0.2) is 9.59 Å². The minimum atomic E-state index is -0.704. The number of imide groups is 1. The van der Waals surface area contributed by atoms with E-state index in [0.717, 1.165) is 24.0 Å². The van der Waals surface area contributed by atoms with Gasteiger partial charge in [0.2, 0.25) is 0 Å². The van der Waals surface area contributed by atoms with Gasteiger partial charge in [0.1, 0.15) is 5.75 Å². The van der Waals surface area contributed by atoms with E-state index in [1.165, 1.54) is 0 Å². The first-order chi connectivity index (χ1) is 12.3. The van der Waals surface area contributed by atoms with Crippen molar-refractivity contribution in [3.8, 4) is 5.75 Å². The van der Waals surface area contributed by atoms with Crippen LogP contribution in [0.25, 0.3) is 0 Å². The molecule has 0 bridgehead atoms. The second-order valence-electron chi connectivity index (χ2n) is 6.54. The maximum Gasteiger partial charge on any atom is 0.344 e. The number of benzene rings is 1. The molecular formula is C18H23ClN2O5. The molecule has 0 unspecified atom stereocenters. The Labute approximate surface area is 157 Å². The van der Waals surface area contributed by atoms with E-state index in [1.54, 1.807) is 6.07 Å². The zero-order chi connectivity index (χ0) is 19.3. The first-order valence-electron chi connectivity index (χ1n) is 8.45. The molecule has 26 heavy (non-hydrogen) atoms. The second kappa shape index (κ2) is 8.89. The molecule has 0 spiro atoms.